The Labute approximate surface area is 135 Å². The number of hydrogen-bond acceptors (Lipinski definition) is 4. The van der Waals surface area contributed by atoms with E-state index in [0.717, 1.165) is 18.8 Å². The molecule has 3 rings (SSSR count). The summed E-state index contributed by atoms with van der Waals surface area (Å²) in [4.78, 5) is 16.2. The van der Waals surface area contributed by atoms with Crippen molar-refractivity contribution in [2.24, 2.45) is 7.05 Å². The zero-order valence-electron chi connectivity index (χ0n) is 11.4. The first-order chi connectivity index (χ1) is 10.0. The van der Waals surface area contributed by atoms with Gasteiger partial charge in [0.25, 0.3) is 5.56 Å². The van der Waals surface area contributed by atoms with Crippen molar-refractivity contribution < 1.29 is 0 Å². The van der Waals surface area contributed by atoms with Gasteiger partial charge in [0.15, 0.2) is 5.82 Å². The fourth-order valence-electron chi connectivity index (χ4n) is 2.26. The van der Waals surface area contributed by atoms with Crippen LogP contribution in [0.5, 0.6) is 0 Å². The summed E-state index contributed by atoms with van der Waals surface area (Å²) in [7, 11) is 1.69. The Morgan fingerprint density at radius 2 is 2.00 bits per heavy atom. The predicted octanol–water partition coefficient (Wildman–Crippen LogP) is 2.84. The summed E-state index contributed by atoms with van der Waals surface area (Å²) in [5.41, 5.74) is 1.93. The molecule has 1 aromatic carbocycles. The first kappa shape index (κ1) is 14.6. The lowest BCUT2D eigenvalue weighted by Gasteiger charge is -2.33. The van der Waals surface area contributed by atoms with Crippen LogP contribution < -0.4 is 10.9 Å². The van der Waals surface area contributed by atoms with Gasteiger partial charge in [-0.25, -0.2) is 9.40 Å². The molecule has 0 unspecified atom stereocenters. The second-order valence-electron chi connectivity index (χ2n) is 5.10. The summed E-state index contributed by atoms with van der Waals surface area (Å²) >= 11 is 9.14. The minimum atomic E-state index is -0.168. The summed E-state index contributed by atoms with van der Waals surface area (Å²) in [5, 5.41) is 3.05. The third-order valence-electron chi connectivity index (χ3n) is 3.52. The molecule has 0 radical (unpaired) electrons. The van der Waals surface area contributed by atoms with E-state index in [2.05, 4.69) is 38.4 Å². The van der Waals surface area contributed by atoms with E-state index in [0.29, 0.717) is 16.3 Å². The van der Waals surface area contributed by atoms with E-state index in [1.54, 1.807) is 17.7 Å². The van der Waals surface area contributed by atoms with Gasteiger partial charge in [-0.05, 0) is 45.4 Å². The number of benzene rings is 1. The van der Waals surface area contributed by atoms with Crippen molar-refractivity contribution in [3.63, 3.8) is 0 Å². The zero-order chi connectivity index (χ0) is 15.0. The van der Waals surface area contributed by atoms with Crippen LogP contribution in [0, 0.1) is 0 Å². The SMILES string of the molecule is Cn1cc(Br)nc(Nc2ccc(C3CN(Cl)C3)cc2)c1=O. The van der Waals surface area contributed by atoms with E-state index < -0.39 is 0 Å². The molecular formula is C14H14BrClN4O. The van der Waals surface area contributed by atoms with Gasteiger partial charge in [0.1, 0.15) is 4.60 Å². The van der Waals surface area contributed by atoms with E-state index in [-0.39, 0.29) is 5.56 Å². The normalized spacial score (nSPS) is 15.8. The smallest absolute Gasteiger partial charge is 0.293 e. The lowest BCUT2D eigenvalue weighted by Crippen LogP contribution is -2.37. The van der Waals surface area contributed by atoms with Crippen LogP contribution in [0.4, 0.5) is 11.5 Å². The maximum Gasteiger partial charge on any atom is 0.293 e. The van der Waals surface area contributed by atoms with E-state index in [1.165, 1.54) is 10.1 Å². The van der Waals surface area contributed by atoms with Crippen molar-refractivity contribution >= 4 is 39.2 Å². The highest BCUT2D eigenvalue weighted by atomic mass is 79.9. The molecule has 21 heavy (non-hydrogen) atoms. The summed E-state index contributed by atoms with van der Waals surface area (Å²) in [6.45, 7) is 1.75. The molecule has 1 aromatic heterocycles. The maximum atomic E-state index is 12.0. The average Bonchev–Trinajstić information content (AvgIpc) is 2.42. The predicted molar refractivity (Wildman–Crippen MR) is 87.1 cm³/mol. The Morgan fingerprint density at radius 3 is 2.62 bits per heavy atom. The third kappa shape index (κ3) is 3.12. The topological polar surface area (TPSA) is 50.2 Å². The highest BCUT2D eigenvalue weighted by molar-refractivity contribution is 9.10. The number of nitrogens with zero attached hydrogens (tertiary/aromatic N) is 3. The molecule has 2 aromatic rings. The molecule has 0 bridgehead atoms. The van der Waals surface area contributed by atoms with Crippen molar-refractivity contribution in [2.75, 3.05) is 18.4 Å². The van der Waals surface area contributed by atoms with Crippen LogP contribution in [0.25, 0.3) is 0 Å². The standard InChI is InChI=1S/C14H14BrClN4O/c1-19-8-12(15)18-13(14(19)21)17-11-4-2-9(3-5-11)10-6-20(16)7-10/h2-5,8,10H,6-7H2,1H3,(H,17,18). The molecule has 0 amide bonds. The van der Waals surface area contributed by atoms with E-state index >= 15 is 0 Å². The highest BCUT2D eigenvalue weighted by Gasteiger charge is 2.26. The molecule has 0 aliphatic carbocycles. The van der Waals surface area contributed by atoms with Crippen LogP contribution in [0.2, 0.25) is 0 Å². The molecule has 0 spiro atoms. The Morgan fingerprint density at radius 1 is 1.33 bits per heavy atom. The molecule has 2 heterocycles. The molecule has 110 valence electrons. The number of hydrogen-bond donors (Lipinski definition) is 1. The number of aromatic nitrogens is 2. The Hall–Kier alpha value is -1.37. The van der Waals surface area contributed by atoms with E-state index in [4.69, 9.17) is 11.8 Å². The minimum Gasteiger partial charge on any atom is -0.336 e. The molecule has 1 N–H and O–H groups in total. The van der Waals surface area contributed by atoms with Gasteiger partial charge in [-0.2, -0.15) is 0 Å². The van der Waals surface area contributed by atoms with Gasteiger partial charge in [-0.3, -0.25) is 4.79 Å². The van der Waals surface area contributed by atoms with Gasteiger partial charge in [-0.15, -0.1) is 0 Å². The Balaban J connectivity index is 1.78. The maximum absolute atomic E-state index is 12.0. The van der Waals surface area contributed by atoms with Gasteiger partial charge in [-0.1, -0.05) is 12.1 Å². The average molecular weight is 370 g/mol. The van der Waals surface area contributed by atoms with Gasteiger partial charge in [0, 0.05) is 37.9 Å². The van der Waals surface area contributed by atoms with Crippen LogP contribution in [0.15, 0.2) is 39.9 Å². The van der Waals surface area contributed by atoms with Crippen LogP contribution in [0.3, 0.4) is 0 Å². The molecule has 1 fully saturated rings. The van der Waals surface area contributed by atoms with E-state index in [1.807, 2.05) is 12.1 Å². The van der Waals surface area contributed by atoms with Crippen LogP contribution >= 0.6 is 27.7 Å². The number of nitrogens with one attached hydrogen (secondary N) is 1. The van der Waals surface area contributed by atoms with Crippen molar-refractivity contribution in [1.29, 1.82) is 0 Å². The second kappa shape index (κ2) is 5.79. The van der Waals surface area contributed by atoms with Gasteiger partial charge < -0.3 is 9.88 Å². The molecule has 1 aliphatic rings. The highest BCUT2D eigenvalue weighted by Crippen LogP contribution is 2.29. The quantitative estimate of drug-likeness (QED) is 0.845. The monoisotopic (exact) mass is 368 g/mol. The lowest BCUT2D eigenvalue weighted by molar-refractivity contribution is 0.278. The van der Waals surface area contributed by atoms with Crippen molar-refractivity contribution in [3.05, 3.63) is 51.0 Å². The summed E-state index contributed by atoms with van der Waals surface area (Å²) in [6, 6.07) is 8.02. The fourth-order valence-corrected chi connectivity index (χ4v) is 3.08. The van der Waals surface area contributed by atoms with Crippen LogP contribution in [0.1, 0.15) is 11.5 Å². The molecule has 7 heteroatoms. The molecule has 0 saturated carbocycles. The Kier molecular flexibility index (Phi) is 4.01. The summed E-state index contributed by atoms with van der Waals surface area (Å²) in [5.74, 6) is 0.795. The summed E-state index contributed by atoms with van der Waals surface area (Å²) in [6.07, 6.45) is 1.63. The van der Waals surface area contributed by atoms with Crippen LogP contribution in [-0.4, -0.2) is 27.1 Å². The molecule has 5 nitrogen and oxygen atoms in total. The Bertz CT molecular complexity index is 710. The van der Waals surface area contributed by atoms with E-state index in [9.17, 15) is 4.79 Å². The third-order valence-corrected chi connectivity index (χ3v) is 4.18. The van der Waals surface area contributed by atoms with Gasteiger partial charge in [0.05, 0.1) is 0 Å². The van der Waals surface area contributed by atoms with Gasteiger partial charge >= 0.3 is 0 Å². The number of rotatable bonds is 3. The largest absolute Gasteiger partial charge is 0.336 e. The molecule has 1 aliphatic heterocycles. The molecule has 1 saturated heterocycles. The molecule has 0 atom stereocenters. The number of halogens is 2. The molecular weight excluding hydrogens is 356 g/mol. The summed E-state index contributed by atoms with van der Waals surface area (Å²) < 4.78 is 3.86. The minimum absolute atomic E-state index is 0.168. The zero-order valence-corrected chi connectivity index (χ0v) is 13.7. The van der Waals surface area contributed by atoms with Gasteiger partial charge in [0.2, 0.25) is 0 Å². The first-order valence-corrected chi connectivity index (χ1v) is 7.67. The fraction of sp³-hybridized carbons (Fsp3) is 0.286. The van der Waals surface area contributed by atoms with Crippen molar-refractivity contribution in [3.8, 4) is 0 Å². The lowest BCUT2D eigenvalue weighted by atomic mass is 9.94. The van der Waals surface area contributed by atoms with Crippen LogP contribution in [-0.2, 0) is 7.05 Å². The first-order valence-electron chi connectivity index (χ1n) is 6.54. The number of aryl methyl sites for hydroxylation is 1. The van der Waals surface area contributed by atoms with Crippen molar-refractivity contribution in [1.82, 2.24) is 14.0 Å². The second-order valence-corrected chi connectivity index (χ2v) is 6.39. The van der Waals surface area contributed by atoms with Crippen molar-refractivity contribution in [2.45, 2.75) is 5.92 Å². The number of anilines is 2.